The van der Waals surface area contributed by atoms with Crippen LogP contribution in [0, 0.1) is 0 Å². The first-order chi connectivity index (χ1) is 17.8. The molecule has 1 fully saturated rings. The number of nitrogens with zero attached hydrogens (tertiary/aromatic N) is 2. The average Bonchev–Trinajstić information content (AvgIpc) is 2.92. The van der Waals surface area contributed by atoms with E-state index >= 15 is 0 Å². The first-order valence-corrected chi connectivity index (χ1v) is 13.3. The number of carbonyl (C=O) groups excluding carboxylic acids is 2. The summed E-state index contributed by atoms with van der Waals surface area (Å²) in [6.07, 6.45) is 0. The molecule has 0 unspecified atom stereocenters. The number of ether oxygens (including phenoxy) is 2. The molecule has 1 aliphatic heterocycles. The van der Waals surface area contributed by atoms with Gasteiger partial charge < -0.3 is 19.7 Å². The second kappa shape index (κ2) is 11.6. The summed E-state index contributed by atoms with van der Waals surface area (Å²) >= 11 is 6.00. The molecule has 3 aromatic rings. The van der Waals surface area contributed by atoms with Gasteiger partial charge in [0.05, 0.1) is 42.2 Å². The van der Waals surface area contributed by atoms with Gasteiger partial charge in [-0.15, -0.1) is 0 Å². The summed E-state index contributed by atoms with van der Waals surface area (Å²) < 4.78 is 38.6. The van der Waals surface area contributed by atoms with Gasteiger partial charge in [-0.3, -0.25) is 13.9 Å². The van der Waals surface area contributed by atoms with Crippen LogP contribution in [-0.2, 0) is 19.6 Å². The highest BCUT2D eigenvalue weighted by molar-refractivity contribution is 7.92. The summed E-state index contributed by atoms with van der Waals surface area (Å²) in [7, 11) is -2.66. The Kier molecular flexibility index (Phi) is 8.32. The van der Waals surface area contributed by atoms with E-state index in [0.29, 0.717) is 48.3 Å². The Morgan fingerprint density at radius 1 is 1.00 bits per heavy atom. The number of rotatable bonds is 8. The van der Waals surface area contributed by atoms with Crippen molar-refractivity contribution in [2.45, 2.75) is 4.90 Å². The monoisotopic (exact) mass is 543 g/mol. The molecule has 0 aliphatic carbocycles. The number of methoxy groups -OCH3 is 1. The first-order valence-electron chi connectivity index (χ1n) is 11.5. The minimum Gasteiger partial charge on any atom is -0.497 e. The van der Waals surface area contributed by atoms with Gasteiger partial charge >= 0.3 is 0 Å². The van der Waals surface area contributed by atoms with Gasteiger partial charge in [-0.1, -0.05) is 23.7 Å². The molecule has 2 amide bonds. The zero-order valence-electron chi connectivity index (χ0n) is 20.1. The maximum atomic E-state index is 13.6. The number of anilines is 2. The lowest BCUT2D eigenvalue weighted by molar-refractivity contribution is -0.114. The molecule has 0 bridgehead atoms. The van der Waals surface area contributed by atoms with Crippen molar-refractivity contribution >= 4 is 44.8 Å². The number of amides is 2. The van der Waals surface area contributed by atoms with Gasteiger partial charge in [0, 0.05) is 18.1 Å². The van der Waals surface area contributed by atoms with Crippen molar-refractivity contribution in [1.29, 1.82) is 0 Å². The quantitative estimate of drug-likeness (QED) is 0.465. The van der Waals surface area contributed by atoms with Crippen molar-refractivity contribution in [3.8, 4) is 5.75 Å². The second-order valence-electron chi connectivity index (χ2n) is 8.16. The van der Waals surface area contributed by atoms with Gasteiger partial charge in [0.1, 0.15) is 12.3 Å². The number of para-hydroxylation sites is 1. The highest BCUT2D eigenvalue weighted by Crippen LogP contribution is 2.27. The van der Waals surface area contributed by atoms with Crippen molar-refractivity contribution in [3.63, 3.8) is 0 Å². The van der Waals surface area contributed by atoms with Crippen molar-refractivity contribution in [2.24, 2.45) is 0 Å². The van der Waals surface area contributed by atoms with Crippen LogP contribution in [0.3, 0.4) is 0 Å². The molecule has 0 atom stereocenters. The molecule has 9 nitrogen and oxygen atoms in total. The zero-order valence-corrected chi connectivity index (χ0v) is 21.7. The second-order valence-corrected chi connectivity index (χ2v) is 10.5. The van der Waals surface area contributed by atoms with E-state index < -0.39 is 22.5 Å². The van der Waals surface area contributed by atoms with E-state index in [1.54, 1.807) is 41.3 Å². The van der Waals surface area contributed by atoms with Crippen molar-refractivity contribution < 1.29 is 27.5 Å². The van der Waals surface area contributed by atoms with Gasteiger partial charge in [-0.05, 0) is 60.7 Å². The van der Waals surface area contributed by atoms with E-state index in [0.717, 1.165) is 4.31 Å². The molecule has 11 heteroatoms. The molecule has 0 radical (unpaired) electrons. The van der Waals surface area contributed by atoms with Gasteiger partial charge in [-0.2, -0.15) is 0 Å². The summed E-state index contributed by atoms with van der Waals surface area (Å²) in [6.45, 7) is 1.26. The smallest absolute Gasteiger partial charge is 0.264 e. The third-order valence-corrected chi connectivity index (χ3v) is 7.82. The van der Waals surface area contributed by atoms with E-state index in [9.17, 15) is 18.0 Å². The van der Waals surface area contributed by atoms with E-state index in [1.807, 2.05) is 0 Å². The molecule has 0 spiro atoms. The van der Waals surface area contributed by atoms with E-state index in [1.165, 1.54) is 43.5 Å². The first kappa shape index (κ1) is 26.5. The Morgan fingerprint density at radius 2 is 1.65 bits per heavy atom. The maximum absolute atomic E-state index is 13.6. The summed E-state index contributed by atoms with van der Waals surface area (Å²) in [5.41, 5.74) is 0.865. The van der Waals surface area contributed by atoms with Crippen LogP contribution < -0.4 is 14.4 Å². The number of halogens is 1. The van der Waals surface area contributed by atoms with Crippen LogP contribution in [0.1, 0.15) is 10.4 Å². The lowest BCUT2D eigenvalue weighted by Crippen LogP contribution is -2.41. The number of morpholine rings is 1. The van der Waals surface area contributed by atoms with E-state index in [2.05, 4.69) is 5.32 Å². The SMILES string of the molecule is COc1ccc(S(=O)(=O)N(CC(=O)Nc2ccccc2C(=O)N2CCOCC2)c2ccc(Cl)cc2)cc1. The van der Waals surface area contributed by atoms with Crippen LogP contribution >= 0.6 is 11.6 Å². The molecule has 0 saturated carbocycles. The number of carbonyl (C=O) groups is 2. The van der Waals surface area contributed by atoms with Crippen LogP contribution in [0.15, 0.2) is 77.7 Å². The third-order valence-electron chi connectivity index (χ3n) is 5.78. The van der Waals surface area contributed by atoms with Crippen molar-refractivity contribution in [2.75, 3.05) is 49.6 Å². The summed E-state index contributed by atoms with van der Waals surface area (Å²) in [4.78, 5) is 27.9. The predicted octanol–water partition coefficient (Wildman–Crippen LogP) is 3.66. The Balaban J connectivity index is 1.61. The number of nitrogens with one attached hydrogen (secondary N) is 1. The van der Waals surface area contributed by atoms with Crippen LogP contribution in [0.25, 0.3) is 0 Å². The molecule has 194 valence electrons. The van der Waals surface area contributed by atoms with Crippen LogP contribution in [0.2, 0.25) is 5.02 Å². The minimum atomic E-state index is -4.14. The summed E-state index contributed by atoms with van der Waals surface area (Å²) in [5, 5.41) is 3.14. The van der Waals surface area contributed by atoms with Crippen LogP contribution in [0.4, 0.5) is 11.4 Å². The molecule has 1 heterocycles. The maximum Gasteiger partial charge on any atom is 0.264 e. The Labute approximate surface area is 220 Å². The van der Waals surface area contributed by atoms with Gasteiger partial charge in [0.15, 0.2) is 0 Å². The van der Waals surface area contributed by atoms with E-state index in [4.69, 9.17) is 21.1 Å². The Hall–Kier alpha value is -3.60. The van der Waals surface area contributed by atoms with Gasteiger partial charge in [0.2, 0.25) is 5.91 Å². The highest BCUT2D eigenvalue weighted by atomic mass is 35.5. The molecular formula is C26H26ClN3O6S. The van der Waals surface area contributed by atoms with Gasteiger partial charge in [0.25, 0.3) is 15.9 Å². The zero-order chi connectivity index (χ0) is 26.4. The molecular weight excluding hydrogens is 518 g/mol. The molecule has 1 aliphatic rings. The predicted molar refractivity (Wildman–Crippen MR) is 141 cm³/mol. The highest BCUT2D eigenvalue weighted by Gasteiger charge is 2.28. The molecule has 4 rings (SSSR count). The van der Waals surface area contributed by atoms with E-state index in [-0.39, 0.29) is 16.5 Å². The Bertz CT molecular complexity index is 1360. The van der Waals surface area contributed by atoms with Crippen LogP contribution in [-0.4, -0.2) is 65.1 Å². The number of sulfonamides is 1. The lowest BCUT2D eigenvalue weighted by Gasteiger charge is -2.28. The minimum absolute atomic E-state index is 0.0149. The van der Waals surface area contributed by atoms with Crippen LogP contribution in [0.5, 0.6) is 5.75 Å². The van der Waals surface area contributed by atoms with Crippen molar-refractivity contribution in [1.82, 2.24) is 4.90 Å². The molecule has 0 aromatic heterocycles. The number of hydrogen-bond donors (Lipinski definition) is 1. The molecule has 37 heavy (non-hydrogen) atoms. The largest absolute Gasteiger partial charge is 0.497 e. The lowest BCUT2D eigenvalue weighted by atomic mass is 10.1. The topological polar surface area (TPSA) is 105 Å². The number of benzene rings is 3. The normalized spacial score (nSPS) is 13.6. The summed E-state index contributed by atoms with van der Waals surface area (Å²) in [5.74, 6) is -0.356. The van der Waals surface area contributed by atoms with Crippen molar-refractivity contribution in [3.05, 3.63) is 83.4 Å². The van der Waals surface area contributed by atoms with Gasteiger partial charge in [-0.25, -0.2) is 8.42 Å². The average molecular weight is 544 g/mol. The summed E-state index contributed by atoms with van der Waals surface area (Å²) in [6, 6.07) is 18.6. The fourth-order valence-electron chi connectivity index (χ4n) is 3.83. The third kappa shape index (κ3) is 6.22. The molecule has 3 aromatic carbocycles. The number of hydrogen-bond acceptors (Lipinski definition) is 6. The fourth-order valence-corrected chi connectivity index (χ4v) is 5.38. The standard InChI is InChI=1S/C26H26ClN3O6S/c1-35-21-10-12-22(13-11-21)37(33,34)30(20-8-6-19(27)7-9-20)18-25(31)28-24-5-3-2-4-23(24)26(32)29-14-16-36-17-15-29/h2-13H,14-18H2,1H3,(H,28,31). The molecule has 1 N–H and O–H groups in total. The fraction of sp³-hybridized carbons (Fsp3) is 0.231. The Morgan fingerprint density at radius 3 is 2.30 bits per heavy atom. The molecule has 1 saturated heterocycles.